The van der Waals surface area contributed by atoms with Crippen molar-refractivity contribution in [2.75, 3.05) is 13.2 Å². The zero-order valence-corrected chi connectivity index (χ0v) is 11.4. The lowest BCUT2D eigenvalue weighted by atomic mass is 10.1. The first-order valence-electron chi connectivity index (χ1n) is 6.76. The van der Waals surface area contributed by atoms with E-state index in [0.29, 0.717) is 12.1 Å². The molecule has 0 aliphatic rings. The number of hydrogen-bond acceptors (Lipinski definition) is 2. The molecule has 0 heterocycles. The molecule has 2 N–H and O–H groups in total. The number of benzene rings is 1. The van der Waals surface area contributed by atoms with Crippen LogP contribution in [0.4, 0.5) is 0 Å². The number of carbonyl (C=O) groups is 1. The molecule has 0 saturated heterocycles. The number of hydrogen-bond donors (Lipinski definition) is 2. The Hall–Kier alpha value is -1.79. The highest BCUT2D eigenvalue weighted by Crippen LogP contribution is 2.04. The first-order valence-corrected chi connectivity index (χ1v) is 6.76. The number of amides is 1. The first kappa shape index (κ1) is 15.3. The van der Waals surface area contributed by atoms with Crippen LogP contribution in [0.3, 0.4) is 0 Å². The molecule has 1 rings (SSSR count). The maximum absolute atomic E-state index is 11.9. The van der Waals surface area contributed by atoms with Crippen molar-refractivity contribution >= 4 is 5.91 Å². The number of unbranched alkanes of at least 4 members (excludes halogenated alkanes) is 3. The first-order chi connectivity index (χ1) is 9.27. The largest absolute Gasteiger partial charge is 0.384 e. The van der Waals surface area contributed by atoms with Crippen LogP contribution in [0.2, 0.25) is 0 Å². The van der Waals surface area contributed by atoms with Crippen LogP contribution in [-0.2, 0) is 0 Å². The lowest BCUT2D eigenvalue weighted by Crippen LogP contribution is -2.24. The highest BCUT2D eigenvalue weighted by atomic mass is 16.2. The van der Waals surface area contributed by atoms with Crippen molar-refractivity contribution in [3.63, 3.8) is 0 Å². The molecule has 0 aliphatic heterocycles. The van der Waals surface area contributed by atoms with E-state index >= 15 is 0 Å². The van der Waals surface area contributed by atoms with Gasteiger partial charge in [0.2, 0.25) is 0 Å². The van der Waals surface area contributed by atoms with Gasteiger partial charge in [-0.1, -0.05) is 44.1 Å². The Morgan fingerprint density at radius 2 is 2.16 bits per heavy atom. The van der Waals surface area contributed by atoms with Gasteiger partial charge in [0.1, 0.15) is 6.61 Å². The molecule has 19 heavy (non-hydrogen) atoms. The van der Waals surface area contributed by atoms with E-state index in [1.54, 1.807) is 18.2 Å². The van der Waals surface area contributed by atoms with Crippen LogP contribution in [-0.4, -0.2) is 24.2 Å². The van der Waals surface area contributed by atoms with Crippen molar-refractivity contribution in [1.29, 1.82) is 0 Å². The predicted octanol–water partition coefficient (Wildman–Crippen LogP) is 2.34. The average molecular weight is 259 g/mol. The fourth-order valence-electron chi connectivity index (χ4n) is 1.74. The van der Waals surface area contributed by atoms with E-state index in [4.69, 9.17) is 5.11 Å². The third-order valence-electron chi connectivity index (χ3n) is 2.75. The number of nitrogens with one attached hydrogen (secondary N) is 1. The van der Waals surface area contributed by atoms with Gasteiger partial charge in [-0.2, -0.15) is 0 Å². The van der Waals surface area contributed by atoms with Crippen LogP contribution >= 0.6 is 0 Å². The molecule has 3 nitrogen and oxygen atoms in total. The summed E-state index contributed by atoms with van der Waals surface area (Å²) in [5, 5.41) is 11.5. The van der Waals surface area contributed by atoms with Crippen LogP contribution in [0, 0.1) is 11.8 Å². The van der Waals surface area contributed by atoms with Crippen LogP contribution in [0.5, 0.6) is 0 Å². The van der Waals surface area contributed by atoms with E-state index < -0.39 is 0 Å². The van der Waals surface area contributed by atoms with Crippen molar-refractivity contribution in [1.82, 2.24) is 5.32 Å². The fourth-order valence-corrected chi connectivity index (χ4v) is 1.74. The number of aliphatic hydroxyl groups excluding tert-OH is 1. The van der Waals surface area contributed by atoms with Crippen molar-refractivity contribution < 1.29 is 9.90 Å². The standard InChI is InChI=1S/C16H21NO2/c1-2-3-4-5-11-17-16(19)15-10-6-8-14(13-15)9-7-12-18/h6,8,10,13,18H,2-5,11-12H2,1H3,(H,17,19). The van der Waals surface area contributed by atoms with Crippen molar-refractivity contribution in [3.05, 3.63) is 35.4 Å². The predicted molar refractivity (Wildman–Crippen MR) is 76.9 cm³/mol. The molecule has 0 unspecified atom stereocenters. The number of aliphatic hydroxyl groups is 1. The molecule has 0 saturated carbocycles. The van der Waals surface area contributed by atoms with Crippen LogP contribution in [0.25, 0.3) is 0 Å². The Balaban J connectivity index is 2.48. The zero-order valence-electron chi connectivity index (χ0n) is 11.4. The van der Waals surface area contributed by atoms with Gasteiger partial charge in [-0.15, -0.1) is 0 Å². The Morgan fingerprint density at radius 1 is 1.32 bits per heavy atom. The second-order valence-electron chi connectivity index (χ2n) is 4.36. The van der Waals surface area contributed by atoms with Crippen LogP contribution in [0.15, 0.2) is 24.3 Å². The Bertz CT molecular complexity index is 457. The minimum Gasteiger partial charge on any atom is -0.384 e. The Morgan fingerprint density at radius 3 is 2.89 bits per heavy atom. The molecule has 3 heteroatoms. The maximum Gasteiger partial charge on any atom is 0.251 e. The second-order valence-corrected chi connectivity index (χ2v) is 4.36. The van der Waals surface area contributed by atoms with Crippen LogP contribution < -0.4 is 5.32 Å². The van der Waals surface area contributed by atoms with Gasteiger partial charge < -0.3 is 10.4 Å². The Kier molecular flexibility index (Phi) is 7.38. The summed E-state index contributed by atoms with van der Waals surface area (Å²) in [6.45, 7) is 2.71. The lowest BCUT2D eigenvalue weighted by Gasteiger charge is -2.05. The van der Waals surface area contributed by atoms with E-state index in [1.165, 1.54) is 12.8 Å². The third-order valence-corrected chi connectivity index (χ3v) is 2.75. The van der Waals surface area contributed by atoms with Gasteiger partial charge in [-0.05, 0) is 24.6 Å². The van der Waals surface area contributed by atoms with E-state index in [9.17, 15) is 4.79 Å². The molecule has 0 aliphatic carbocycles. The second kappa shape index (κ2) is 9.18. The highest BCUT2D eigenvalue weighted by Gasteiger charge is 2.04. The van der Waals surface area contributed by atoms with Crippen molar-refractivity contribution in [3.8, 4) is 11.8 Å². The molecular formula is C16H21NO2. The summed E-state index contributed by atoms with van der Waals surface area (Å²) in [6, 6.07) is 7.13. The van der Waals surface area contributed by atoms with Gasteiger partial charge in [0, 0.05) is 17.7 Å². The van der Waals surface area contributed by atoms with Gasteiger partial charge in [0.15, 0.2) is 0 Å². The van der Waals surface area contributed by atoms with E-state index in [0.717, 1.165) is 18.4 Å². The van der Waals surface area contributed by atoms with E-state index in [-0.39, 0.29) is 12.5 Å². The summed E-state index contributed by atoms with van der Waals surface area (Å²) in [5.41, 5.74) is 1.35. The van der Waals surface area contributed by atoms with Crippen molar-refractivity contribution in [2.24, 2.45) is 0 Å². The monoisotopic (exact) mass is 259 g/mol. The Labute approximate surface area is 115 Å². The lowest BCUT2D eigenvalue weighted by molar-refractivity contribution is 0.0953. The normalized spacial score (nSPS) is 9.58. The highest BCUT2D eigenvalue weighted by molar-refractivity contribution is 5.94. The van der Waals surface area contributed by atoms with Crippen LogP contribution in [0.1, 0.15) is 48.5 Å². The van der Waals surface area contributed by atoms with E-state index in [2.05, 4.69) is 24.1 Å². The summed E-state index contributed by atoms with van der Waals surface area (Å²) in [6.07, 6.45) is 4.57. The smallest absolute Gasteiger partial charge is 0.251 e. The molecule has 0 aromatic heterocycles. The summed E-state index contributed by atoms with van der Waals surface area (Å²) in [4.78, 5) is 11.9. The molecule has 0 atom stereocenters. The SMILES string of the molecule is CCCCCCNC(=O)c1cccc(C#CCO)c1. The van der Waals surface area contributed by atoms with Crippen molar-refractivity contribution in [2.45, 2.75) is 32.6 Å². The minimum atomic E-state index is -0.173. The quantitative estimate of drug-likeness (QED) is 0.608. The summed E-state index contributed by atoms with van der Waals surface area (Å²) in [7, 11) is 0. The average Bonchev–Trinajstić information content (AvgIpc) is 2.45. The van der Waals surface area contributed by atoms with Gasteiger partial charge >= 0.3 is 0 Å². The van der Waals surface area contributed by atoms with E-state index in [1.807, 2.05) is 6.07 Å². The third kappa shape index (κ3) is 6.08. The van der Waals surface area contributed by atoms with Gasteiger partial charge in [0.05, 0.1) is 0 Å². The fraction of sp³-hybridized carbons (Fsp3) is 0.438. The summed E-state index contributed by atoms with van der Waals surface area (Å²) < 4.78 is 0. The number of carbonyl (C=O) groups excluding carboxylic acids is 1. The molecule has 1 aromatic rings. The molecule has 1 aromatic carbocycles. The van der Waals surface area contributed by atoms with Gasteiger partial charge in [-0.3, -0.25) is 4.79 Å². The molecule has 0 spiro atoms. The molecule has 0 fully saturated rings. The summed E-state index contributed by atoms with van der Waals surface area (Å²) in [5.74, 6) is 5.30. The molecular weight excluding hydrogens is 238 g/mol. The topological polar surface area (TPSA) is 49.3 Å². The number of rotatable bonds is 6. The summed E-state index contributed by atoms with van der Waals surface area (Å²) >= 11 is 0. The maximum atomic E-state index is 11.9. The molecule has 0 radical (unpaired) electrons. The van der Waals surface area contributed by atoms with Gasteiger partial charge in [-0.25, -0.2) is 0 Å². The minimum absolute atomic E-state index is 0.0656. The van der Waals surface area contributed by atoms with Gasteiger partial charge in [0.25, 0.3) is 5.91 Å². The molecule has 102 valence electrons. The zero-order chi connectivity index (χ0) is 13.9. The molecule has 1 amide bonds. The molecule has 0 bridgehead atoms.